The molecule has 2 rings (SSSR count). The van der Waals surface area contributed by atoms with Crippen LogP contribution in [0.5, 0.6) is 5.75 Å². The Morgan fingerprint density at radius 3 is 2.65 bits per heavy atom. The molecule has 0 radical (unpaired) electrons. The minimum absolute atomic E-state index is 0.356. The van der Waals surface area contributed by atoms with Gasteiger partial charge in [-0.1, -0.05) is 0 Å². The van der Waals surface area contributed by atoms with Gasteiger partial charge in [-0.2, -0.15) is 5.10 Å². The smallest absolute Gasteiger partial charge is 0.137 e. The van der Waals surface area contributed by atoms with Gasteiger partial charge < -0.3 is 10.1 Å². The largest absolute Gasteiger partial charge is 0.495 e. The van der Waals surface area contributed by atoms with E-state index in [1.165, 1.54) is 0 Å². The quantitative estimate of drug-likeness (QED) is 0.880. The zero-order valence-electron chi connectivity index (χ0n) is 10.2. The van der Waals surface area contributed by atoms with E-state index in [0.717, 1.165) is 17.3 Å². The van der Waals surface area contributed by atoms with Crippen molar-refractivity contribution >= 4 is 11.5 Å². The molecular formula is C12H16N4O. The third-order valence-corrected chi connectivity index (χ3v) is 2.38. The molecule has 0 amide bonds. The van der Waals surface area contributed by atoms with E-state index in [1.807, 2.05) is 23.0 Å². The summed E-state index contributed by atoms with van der Waals surface area (Å²) in [4.78, 5) is 4.23. The highest BCUT2D eigenvalue weighted by Gasteiger charge is 2.02. The molecule has 2 aromatic heterocycles. The lowest BCUT2D eigenvalue weighted by Gasteiger charge is -2.05. The number of ether oxygens (including phenoxy) is 1. The van der Waals surface area contributed by atoms with E-state index in [9.17, 15) is 0 Å². The Morgan fingerprint density at radius 2 is 2.12 bits per heavy atom. The molecule has 0 bridgehead atoms. The summed E-state index contributed by atoms with van der Waals surface area (Å²) in [5.74, 6) is 1.52. The van der Waals surface area contributed by atoms with Crippen LogP contribution in [-0.4, -0.2) is 21.9 Å². The van der Waals surface area contributed by atoms with Crippen LogP contribution in [-0.2, 0) is 0 Å². The summed E-state index contributed by atoms with van der Waals surface area (Å²) in [5.41, 5.74) is 0.927. The first-order chi connectivity index (χ1) is 8.19. The first-order valence-electron chi connectivity index (χ1n) is 5.50. The SMILES string of the molecule is COc1ccc(Nc2cnn(C(C)C)c2)nc1. The van der Waals surface area contributed by atoms with Crippen LogP contribution in [0.15, 0.2) is 30.7 Å². The summed E-state index contributed by atoms with van der Waals surface area (Å²) in [7, 11) is 1.62. The van der Waals surface area contributed by atoms with Gasteiger partial charge in [0.15, 0.2) is 0 Å². The average molecular weight is 232 g/mol. The van der Waals surface area contributed by atoms with Crippen molar-refractivity contribution in [1.82, 2.24) is 14.8 Å². The normalized spacial score (nSPS) is 10.6. The minimum atomic E-state index is 0.356. The van der Waals surface area contributed by atoms with E-state index in [2.05, 4.69) is 29.2 Å². The third-order valence-electron chi connectivity index (χ3n) is 2.38. The fourth-order valence-corrected chi connectivity index (χ4v) is 1.41. The number of anilines is 2. The predicted molar refractivity (Wildman–Crippen MR) is 66.7 cm³/mol. The molecule has 0 aliphatic rings. The van der Waals surface area contributed by atoms with Crippen LogP contribution in [0, 0.1) is 0 Å². The summed E-state index contributed by atoms with van der Waals surface area (Å²) in [6.07, 6.45) is 5.41. The summed E-state index contributed by atoms with van der Waals surface area (Å²) in [6, 6.07) is 4.09. The first-order valence-corrected chi connectivity index (χ1v) is 5.50. The number of hydrogen-bond acceptors (Lipinski definition) is 4. The van der Waals surface area contributed by atoms with Crippen LogP contribution in [0.2, 0.25) is 0 Å². The highest BCUT2D eigenvalue weighted by Crippen LogP contribution is 2.17. The lowest BCUT2D eigenvalue weighted by molar-refractivity contribution is 0.413. The maximum atomic E-state index is 5.05. The molecule has 0 aliphatic heterocycles. The molecule has 0 saturated heterocycles. The minimum Gasteiger partial charge on any atom is -0.495 e. The van der Waals surface area contributed by atoms with Gasteiger partial charge in [-0.3, -0.25) is 4.68 Å². The summed E-state index contributed by atoms with van der Waals surface area (Å²) < 4.78 is 6.94. The van der Waals surface area contributed by atoms with Crippen molar-refractivity contribution in [3.8, 4) is 5.75 Å². The van der Waals surface area contributed by atoms with Crippen molar-refractivity contribution < 1.29 is 4.74 Å². The zero-order chi connectivity index (χ0) is 12.3. The zero-order valence-corrected chi connectivity index (χ0v) is 10.2. The van der Waals surface area contributed by atoms with Crippen molar-refractivity contribution in [3.05, 3.63) is 30.7 Å². The maximum Gasteiger partial charge on any atom is 0.137 e. The standard InChI is InChI=1S/C12H16N4O/c1-9(2)16-8-10(6-14-16)15-12-5-4-11(17-3)7-13-12/h4-9H,1-3H3,(H,13,15). The van der Waals surface area contributed by atoms with Gasteiger partial charge in [0.05, 0.1) is 25.2 Å². The molecule has 0 spiro atoms. The van der Waals surface area contributed by atoms with Crippen LogP contribution in [0.25, 0.3) is 0 Å². The summed E-state index contributed by atoms with van der Waals surface area (Å²) in [5, 5.41) is 7.43. The molecule has 0 aromatic carbocycles. The van der Waals surface area contributed by atoms with Gasteiger partial charge in [-0.15, -0.1) is 0 Å². The van der Waals surface area contributed by atoms with Gasteiger partial charge >= 0.3 is 0 Å². The number of hydrogen-bond donors (Lipinski definition) is 1. The topological polar surface area (TPSA) is 52.0 Å². The van der Waals surface area contributed by atoms with E-state index in [4.69, 9.17) is 4.74 Å². The molecule has 2 heterocycles. The van der Waals surface area contributed by atoms with Gasteiger partial charge in [0.2, 0.25) is 0 Å². The third kappa shape index (κ3) is 2.75. The molecule has 17 heavy (non-hydrogen) atoms. The van der Waals surface area contributed by atoms with Crippen molar-refractivity contribution in [3.63, 3.8) is 0 Å². The Balaban J connectivity index is 2.08. The van der Waals surface area contributed by atoms with Crippen molar-refractivity contribution in [2.75, 3.05) is 12.4 Å². The Hall–Kier alpha value is -2.04. The van der Waals surface area contributed by atoms with Gasteiger partial charge in [0, 0.05) is 12.2 Å². The second-order valence-electron chi connectivity index (χ2n) is 4.01. The molecule has 5 nitrogen and oxygen atoms in total. The number of rotatable bonds is 4. The van der Waals surface area contributed by atoms with Crippen molar-refractivity contribution in [2.24, 2.45) is 0 Å². The van der Waals surface area contributed by atoms with Crippen LogP contribution in [0.1, 0.15) is 19.9 Å². The molecule has 2 aromatic rings. The Kier molecular flexibility index (Phi) is 3.27. The molecule has 5 heteroatoms. The molecule has 90 valence electrons. The number of methoxy groups -OCH3 is 1. The first kappa shape index (κ1) is 11.4. The van der Waals surface area contributed by atoms with Crippen molar-refractivity contribution in [2.45, 2.75) is 19.9 Å². The monoisotopic (exact) mass is 232 g/mol. The van der Waals surface area contributed by atoms with E-state index >= 15 is 0 Å². The predicted octanol–water partition coefficient (Wildman–Crippen LogP) is 2.61. The molecule has 0 atom stereocenters. The van der Waals surface area contributed by atoms with Gasteiger partial charge in [0.1, 0.15) is 11.6 Å². The fraction of sp³-hybridized carbons (Fsp3) is 0.333. The highest BCUT2D eigenvalue weighted by molar-refractivity contribution is 5.54. The molecular weight excluding hydrogens is 216 g/mol. The highest BCUT2D eigenvalue weighted by atomic mass is 16.5. The van der Waals surface area contributed by atoms with Crippen molar-refractivity contribution in [1.29, 1.82) is 0 Å². The van der Waals surface area contributed by atoms with Gasteiger partial charge in [-0.25, -0.2) is 4.98 Å². The molecule has 0 unspecified atom stereocenters. The number of pyridine rings is 1. The van der Waals surface area contributed by atoms with E-state index in [1.54, 1.807) is 19.5 Å². The Bertz CT molecular complexity index is 476. The Labute approximate surface area is 100 Å². The Morgan fingerprint density at radius 1 is 1.29 bits per heavy atom. The van der Waals surface area contributed by atoms with Crippen LogP contribution < -0.4 is 10.1 Å². The number of nitrogens with zero attached hydrogens (tertiary/aromatic N) is 3. The van der Waals surface area contributed by atoms with Gasteiger partial charge in [-0.05, 0) is 26.0 Å². The van der Waals surface area contributed by atoms with E-state index < -0.39 is 0 Å². The maximum absolute atomic E-state index is 5.05. The van der Waals surface area contributed by atoms with Crippen LogP contribution >= 0.6 is 0 Å². The lowest BCUT2D eigenvalue weighted by Crippen LogP contribution is -2.00. The lowest BCUT2D eigenvalue weighted by atomic mass is 10.4. The molecule has 0 fully saturated rings. The number of aromatic nitrogens is 3. The summed E-state index contributed by atoms with van der Waals surface area (Å²) in [6.45, 7) is 4.17. The second kappa shape index (κ2) is 4.86. The van der Waals surface area contributed by atoms with E-state index in [-0.39, 0.29) is 0 Å². The fourth-order valence-electron chi connectivity index (χ4n) is 1.41. The number of nitrogens with one attached hydrogen (secondary N) is 1. The average Bonchev–Trinajstić information content (AvgIpc) is 2.79. The molecule has 0 saturated carbocycles. The molecule has 0 aliphatic carbocycles. The van der Waals surface area contributed by atoms with Crippen LogP contribution in [0.3, 0.4) is 0 Å². The van der Waals surface area contributed by atoms with Gasteiger partial charge in [0.25, 0.3) is 0 Å². The van der Waals surface area contributed by atoms with E-state index in [0.29, 0.717) is 6.04 Å². The summed E-state index contributed by atoms with van der Waals surface area (Å²) >= 11 is 0. The second-order valence-corrected chi connectivity index (χ2v) is 4.01. The molecule has 1 N–H and O–H groups in total. The van der Waals surface area contributed by atoms with Crippen LogP contribution in [0.4, 0.5) is 11.5 Å².